The van der Waals surface area contributed by atoms with Gasteiger partial charge in [0.25, 0.3) is 0 Å². The molecule has 1 aromatic rings. The molecule has 0 spiro atoms. The molecule has 0 heterocycles. The molecule has 1 aromatic carbocycles. The third kappa shape index (κ3) is 3.30. The van der Waals surface area contributed by atoms with E-state index in [4.69, 9.17) is 10.5 Å². The van der Waals surface area contributed by atoms with Crippen molar-refractivity contribution in [2.45, 2.75) is 12.2 Å². The first-order valence-corrected chi connectivity index (χ1v) is 6.88. The van der Waals surface area contributed by atoms with E-state index in [-0.39, 0.29) is 16.4 Å². The summed E-state index contributed by atoms with van der Waals surface area (Å²) < 4.78 is 43.8. The Morgan fingerprint density at radius 3 is 2.61 bits per heavy atom. The van der Waals surface area contributed by atoms with Gasteiger partial charge < -0.3 is 10.5 Å². The largest absolute Gasteiger partial charge is 0.494 e. The molecule has 0 bridgehead atoms. The first-order chi connectivity index (χ1) is 8.27. The van der Waals surface area contributed by atoms with E-state index in [1.165, 1.54) is 26.2 Å². The Hall–Kier alpha value is -1.41. The van der Waals surface area contributed by atoms with Crippen molar-refractivity contribution in [2.75, 3.05) is 11.8 Å². The van der Waals surface area contributed by atoms with Crippen LogP contribution in [0.4, 0.5) is 10.1 Å². The van der Waals surface area contributed by atoms with Gasteiger partial charge in [-0.25, -0.2) is 12.8 Å². The van der Waals surface area contributed by atoms with Crippen LogP contribution in [-0.4, -0.2) is 25.8 Å². The summed E-state index contributed by atoms with van der Waals surface area (Å²) in [5.74, 6) is -0.638. The second-order valence-electron chi connectivity index (χ2n) is 3.54. The highest BCUT2D eigenvalue weighted by Gasteiger charge is 2.23. The minimum atomic E-state index is -3.77. The number of nitrogens with one attached hydrogen (secondary N) is 1. The van der Waals surface area contributed by atoms with Gasteiger partial charge in [-0.05, 0) is 19.1 Å². The van der Waals surface area contributed by atoms with Crippen molar-refractivity contribution < 1.29 is 17.5 Å². The highest BCUT2D eigenvalue weighted by Crippen LogP contribution is 2.22. The number of anilines is 1. The van der Waals surface area contributed by atoms with Crippen molar-refractivity contribution in [3.05, 3.63) is 24.0 Å². The molecule has 0 saturated heterocycles. The molecule has 100 valence electrons. The maximum atomic E-state index is 13.4. The quantitative estimate of drug-likeness (QED) is 0.798. The van der Waals surface area contributed by atoms with Gasteiger partial charge in [-0.3, -0.25) is 4.72 Å². The summed E-state index contributed by atoms with van der Waals surface area (Å²) in [4.78, 5) is -0.156. The van der Waals surface area contributed by atoms with Gasteiger partial charge in [0.1, 0.15) is 5.25 Å². The number of halogens is 1. The second-order valence-corrected chi connectivity index (χ2v) is 6.01. The minimum Gasteiger partial charge on any atom is -0.494 e. The van der Waals surface area contributed by atoms with Crippen LogP contribution in [0.1, 0.15) is 6.92 Å². The van der Waals surface area contributed by atoms with Crippen molar-refractivity contribution in [3.8, 4) is 5.75 Å². The van der Waals surface area contributed by atoms with Gasteiger partial charge >= 0.3 is 0 Å². The number of nitrogens with two attached hydrogens (primary N) is 1. The van der Waals surface area contributed by atoms with Crippen LogP contribution < -0.4 is 15.2 Å². The Kier molecular flexibility index (Phi) is 4.47. The average Bonchev–Trinajstić information content (AvgIpc) is 2.27. The molecule has 3 N–H and O–H groups in total. The molecule has 18 heavy (non-hydrogen) atoms. The van der Waals surface area contributed by atoms with Crippen LogP contribution in [0.2, 0.25) is 0 Å². The molecule has 8 heteroatoms. The van der Waals surface area contributed by atoms with E-state index in [2.05, 4.69) is 16.9 Å². The van der Waals surface area contributed by atoms with Gasteiger partial charge in [0.05, 0.1) is 17.8 Å². The minimum absolute atomic E-state index is 0.0281. The number of benzene rings is 1. The third-order valence-corrected chi connectivity index (χ3v) is 4.49. The lowest BCUT2D eigenvalue weighted by Gasteiger charge is -2.13. The van der Waals surface area contributed by atoms with Crippen molar-refractivity contribution in [3.63, 3.8) is 0 Å². The maximum absolute atomic E-state index is 13.4. The number of sulfonamides is 1. The molecule has 1 rings (SSSR count). The molecular weight excluding hydrogens is 279 g/mol. The van der Waals surface area contributed by atoms with Gasteiger partial charge in [0.2, 0.25) is 10.0 Å². The summed E-state index contributed by atoms with van der Waals surface area (Å²) in [5.41, 5.74) is 5.35. The van der Waals surface area contributed by atoms with Crippen LogP contribution in [0.15, 0.2) is 18.2 Å². The first kappa shape index (κ1) is 14.7. The molecule has 1 atom stereocenters. The summed E-state index contributed by atoms with van der Waals surface area (Å²) >= 11 is 4.61. The second kappa shape index (κ2) is 5.49. The maximum Gasteiger partial charge on any atom is 0.241 e. The molecule has 0 aromatic heterocycles. The molecule has 0 aliphatic carbocycles. The smallest absolute Gasteiger partial charge is 0.241 e. The standard InChI is InChI=1S/C10H13FN2O3S2/c1-6(10(12)17)18(14,15)13-7-3-4-9(16-2)8(11)5-7/h3-6,13H,1-2H3,(H2,12,17). The third-order valence-electron chi connectivity index (χ3n) is 2.28. The molecule has 0 fully saturated rings. The van der Waals surface area contributed by atoms with Gasteiger partial charge in [-0.15, -0.1) is 0 Å². The van der Waals surface area contributed by atoms with Crippen LogP contribution in [0.3, 0.4) is 0 Å². The highest BCUT2D eigenvalue weighted by molar-refractivity contribution is 7.95. The Labute approximate surface area is 110 Å². The number of methoxy groups -OCH3 is 1. The molecule has 0 aliphatic rings. The van der Waals surface area contributed by atoms with Gasteiger partial charge in [0, 0.05) is 6.07 Å². The van der Waals surface area contributed by atoms with Crippen LogP contribution in [-0.2, 0) is 10.0 Å². The van der Waals surface area contributed by atoms with E-state index in [0.717, 1.165) is 6.07 Å². The van der Waals surface area contributed by atoms with Crippen LogP contribution in [0.5, 0.6) is 5.75 Å². The lowest BCUT2D eigenvalue weighted by molar-refractivity contribution is 0.386. The number of thiocarbonyl (C=S) groups is 1. The van der Waals surface area contributed by atoms with Crippen molar-refractivity contribution in [1.82, 2.24) is 0 Å². The SMILES string of the molecule is COc1ccc(NS(=O)(=O)C(C)C(N)=S)cc1F. The molecule has 0 amide bonds. The zero-order chi connectivity index (χ0) is 13.9. The normalized spacial score (nSPS) is 12.8. The monoisotopic (exact) mass is 292 g/mol. The lowest BCUT2D eigenvalue weighted by Crippen LogP contribution is -2.35. The molecule has 0 radical (unpaired) electrons. The summed E-state index contributed by atoms with van der Waals surface area (Å²) in [6, 6.07) is 3.72. The summed E-state index contributed by atoms with van der Waals surface area (Å²) in [7, 11) is -2.46. The zero-order valence-corrected chi connectivity index (χ0v) is 11.4. The van der Waals surface area contributed by atoms with E-state index in [1.54, 1.807) is 0 Å². The van der Waals surface area contributed by atoms with E-state index < -0.39 is 21.1 Å². The summed E-state index contributed by atoms with van der Waals surface area (Å²) in [6.45, 7) is 1.35. The van der Waals surface area contributed by atoms with Gasteiger partial charge in [0.15, 0.2) is 11.6 Å². The van der Waals surface area contributed by atoms with Gasteiger partial charge in [-0.1, -0.05) is 12.2 Å². The Bertz CT molecular complexity index is 560. The number of rotatable bonds is 5. The molecule has 5 nitrogen and oxygen atoms in total. The summed E-state index contributed by atoms with van der Waals surface area (Å²) in [6.07, 6.45) is 0. The fraction of sp³-hybridized carbons (Fsp3) is 0.300. The van der Waals surface area contributed by atoms with Crippen molar-refractivity contribution >= 4 is 32.9 Å². The molecule has 1 unspecified atom stereocenters. The van der Waals surface area contributed by atoms with E-state index in [9.17, 15) is 12.8 Å². The first-order valence-electron chi connectivity index (χ1n) is 4.92. The fourth-order valence-corrected chi connectivity index (χ4v) is 2.45. The van der Waals surface area contributed by atoms with Gasteiger partial charge in [-0.2, -0.15) is 0 Å². The Morgan fingerprint density at radius 2 is 2.17 bits per heavy atom. The van der Waals surface area contributed by atoms with E-state index in [1.807, 2.05) is 0 Å². The summed E-state index contributed by atoms with van der Waals surface area (Å²) in [5, 5.41) is -1.04. The number of ether oxygens (including phenoxy) is 1. The topological polar surface area (TPSA) is 81.4 Å². The van der Waals surface area contributed by atoms with E-state index >= 15 is 0 Å². The van der Waals surface area contributed by atoms with E-state index in [0.29, 0.717) is 0 Å². The highest BCUT2D eigenvalue weighted by atomic mass is 32.2. The molecular formula is C10H13FN2O3S2. The fourth-order valence-electron chi connectivity index (χ4n) is 1.14. The Balaban J connectivity index is 2.98. The Morgan fingerprint density at radius 1 is 1.56 bits per heavy atom. The predicted octanol–water partition coefficient (Wildman–Crippen LogP) is 1.25. The average molecular weight is 292 g/mol. The molecule has 0 aliphatic heterocycles. The predicted molar refractivity (Wildman–Crippen MR) is 71.7 cm³/mol. The van der Waals surface area contributed by atoms with Crippen molar-refractivity contribution in [2.24, 2.45) is 5.73 Å². The number of hydrogen-bond acceptors (Lipinski definition) is 4. The molecule has 0 saturated carbocycles. The van der Waals surface area contributed by atoms with Crippen molar-refractivity contribution in [1.29, 1.82) is 0 Å². The zero-order valence-electron chi connectivity index (χ0n) is 9.81. The van der Waals surface area contributed by atoms with Crippen LogP contribution in [0.25, 0.3) is 0 Å². The lowest BCUT2D eigenvalue weighted by atomic mass is 10.3. The van der Waals surface area contributed by atoms with Crippen LogP contribution in [0, 0.1) is 5.82 Å². The number of hydrogen-bond donors (Lipinski definition) is 2. The van der Waals surface area contributed by atoms with Crippen LogP contribution >= 0.6 is 12.2 Å².